The molecule has 0 radical (unpaired) electrons. The van der Waals surface area contributed by atoms with Crippen LogP contribution in [-0.4, -0.2) is 44.9 Å². The average molecular weight is 522 g/mol. The molecule has 0 aliphatic carbocycles. The molecule has 0 saturated carbocycles. The number of carbonyl (C=O) groups excluding carboxylic acids is 2. The summed E-state index contributed by atoms with van der Waals surface area (Å²) in [6.45, 7) is 0.663. The maximum Gasteiger partial charge on any atom is 0.234 e. The third kappa shape index (κ3) is 7.45. The van der Waals surface area contributed by atoms with Crippen molar-refractivity contribution in [3.05, 3.63) is 108 Å². The zero-order valence-electron chi connectivity index (χ0n) is 21.1. The van der Waals surface area contributed by atoms with Gasteiger partial charge in [0.15, 0.2) is 17.5 Å². The normalized spacial score (nSPS) is 14.5. The molecular formula is C29H27N7O3. The largest absolute Gasteiger partial charge is 0.469 e. The molecule has 10 heteroatoms. The van der Waals surface area contributed by atoms with E-state index >= 15 is 0 Å². The van der Waals surface area contributed by atoms with E-state index in [-0.39, 0.29) is 30.8 Å². The molecule has 2 N–H and O–H groups in total. The molecule has 5 rings (SSSR count). The fourth-order valence-electron chi connectivity index (χ4n) is 4.01. The van der Waals surface area contributed by atoms with Crippen molar-refractivity contribution in [1.82, 2.24) is 20.4 Å². The van der Waals surface area contributed by atoms with Crippen molar-refractivity contribution >= 4 is 29.3 Å². The van der Waals surface area contributed by atoms with Crippen LogP contribution >= 0.6 is 0 Å². The highest BCUT2D eigenvalue weighted by molar-refractivity contribution is 5.91. The first-order chi connectivity index (χ1) is 19.1. The lowest BCUT2D eigenvalue weighted by atomic mass is 10.1. The second kappa shape index (κ2) is 12.4. The number of nitrogens with one attached hydrogen (secondary N) is 2. The lowest BCUT2D eigenvalue weighted by molar-refractivity contribution is -0.116. The topological polar surface area (TPSA) is 122 Å². The minimum Gasteiger partial charge on any atom is -0.469 e. The summed E-state index contributed by atoms with van der Waals surface area (Å²) in [5.74, 6) is 1.50. The number of anilines is 3. The molecule has 0 unspecified atom stereocenters. The van der Waals surface area contributed by atoms with Crippen molar-refractivity contribution in [2.45, 2.75) is 25.4 Å². The summed E-state index contributed by atoms with van der Waals surface area (Å²) in [6.07, 6.45) is 4.86. The first-order valence-corrected chi connectivity index (χ1v) is 12.6. The van der Waals surface area contributed by atoms with Crippen molar-refractivity contribution in [2.75, 3.05) is 22.1 Å². The minimum absolute atomic E-state index is 0.146. The summed E-state index contributed by atoms with van der Waals surface area (Å²) in [5, 5.41) is 22.0. The minimum atomic E-state index is -0.182. The maximum atomic E-state index is 12.2. The molecule has 3 heterocycles. The van der Waals surface area contributed by atoms with E-state index in [4.69, 9.17) is 4.74 Å². The highest BCUT2D eigenvalue weighted by atomic mass is 16.5. The van der Waals surface area contributed by atoms with Gasteiger partial charge in [0.05, 0.1) is 12.8 Å². The van der Waals surface area contributed by atoms with Gasteiger partial charge in [0.2, 0.25) is 17.7 Å². The molecule has 196 valence electrons. The molecule has 1 aliphatic rings. The molecular weight excluding hydrogens is 494 g/mol. The first kappa shape index (κ1) is 25.5. The molecule has 2 aromatic carbocycles. The summed E-state index contributed by atoms with van der Waals surface area (Å²) in [5.41, 5.74) is 1.86. The molecule has 10 nitrogen and oxygen atoms in total. The van der Waals surface area contributed by atoms with Crippen LogP contribution < -0.4 is 20.3 Å². The van der Waals surface area contributed by atoms with Gasteiger partial charge in [-0.3, -0.25) is 9.59 Å². The van der Waals surface area contributed by atoms with Gasteiger partial charge in [-0.2, -0.15) is 0 Å². The fourth-order valence-corrected chi connectivity index (χ4v) is 4.01. The van der Waals surface area contributed by atoms with Crippen LogP contribution in [0.1, 0.15) is 17.5 Å². The van der Waals surface area contributed by atoms with Gasteiger partial charge in [0.25, 0.3) is 0 Å². The Morgan fingerprint density at radius 3 is 1.82 bits per heavy atom. The van der Waals surface area contributed by atoms with E-state index in [0.717, 1.165) is 11.1 Å². The van der Waals surface area contributed by atoms with Crippen LogP contribution in [0.15, 0.2) is 97.2 Å². The Balaban J connectivity index is 1.08. The van der Waals surface area contributed by atoms with Crippen molar-refractivity contribution < 1.29 is 14.3 Å². The Morgan fingerprint density at radius 2 is 1.33 bits per heavy atom. The highest BCUT2D eigenvalue weighted by Crippen LogP contribution is 2.20. The molecule has 4 aromatic rings. The van der Waals surface area contributed by atoms with Gasteiger partial charge < -0.3 is 20.3 Å². The van der Waals surface area contributed by atoms with Gasteiger partial charge in [-0.25, -0.2) is 0 Å². The van der Waals surface area contributed by atoms with Crippen LogP contribution in [0, 0.1) is 0 Å². The zero-order valence-corrected chi connectivity index (χ0v) is 21.1. The second-order valence-corrected chi connectivity index (χ2v) is 8.93. The summed E-state index contributed by atoms with van der Waals surface area (Å²) < 4.78 is 5.92. The van der Waals surface area contributed by atoms with Gasteiger partial charge in [-0.15, -0.1) is 20.4 Å². The van der Waals surface area contributed by atoms with E-state index in [1.165, 1.54) is 0 Å². The monoisotopic (exact) mass is 521 g/mol. The predicted octanol–water partition coefficient (Wildman–Crippen LogP) is 3.80. The number of hydrogen-bond donors (Lipinski definition) is 2. The smallest absolute Gasteiger partial charge is 0.234 e. The second-order valence-electron chi connectivity index (χ2n) is 8.93. The molecule has 2 aromatic heterocycles. The van der Waals surface area contributed by atoms with Crippen LogP contribution in [0.4, 0.5) is 17.5 Å². The fraction of sp³-hybridized carbons (Fsp3) is 0.172. The summed E-state index contributed by atoms with van der Waals surface area (Å²) >= 11 is 0. The molecule has 1 atom stereocenters. The van der Waals surface area contributed by atoms with Crippen molar-refractivity contribution in [3.63, 3.8) is 0 Å². The van der Waals surface area contributed by atoms with E-state index in [9.17, 15) is 9.59 Å². The summed E-state index contributed by atoms with van der Waals surface area (Å²) in [4.78, 5) is 26.4. The Morgan fingerprint density at radius 1 is 0.744 bits per heavy atom. The number of hydrogen-bond acceptors (Lipinski definition) is 8. The van der Waals surface area contributed by atoms with E-state index in [1.54, 1.807) is 18.2 Å². The maximum absolute atomic E-state index is 12.2. The van der Waals surface area contributed by atoms with Crippen LogP contribution in [-0.2, 0) is 22.4 Å². The standard InChI is InChI=1S/C29H27N7O3/c37-27(19-21-7-3-1-4-8-21)30-24-11-13-26(34-32-24)36-17-15-23(16-18-36)39-29-14-12-25(33-35-29)31-28(38)20-22-9-5-2-6-10-22/h1-15,17,23H,16,18-20H2,(H,30,32,37)(H,31,33,38)/t23-/m0/s1. The molecule has 0 fully saturated rings. The van der Waals surface area contributed by atoms with Crippen molar-refractivity contribution in [3.8, 4) is 5.88 Å². The lowest BCUT2D eigenvalue weighted by Gasteiger charge is -2.26. The summed E-state index contributed by atoms with van der Waals surface area (Å²) in [7, 11) is 0. The van der Waals surface area contributed by atoms with Crippen LogP contribution in [0.3, 0.4) is 0 Å². The number of amides is 2. The quantitative estimate of drug-likeness (QED) is 0.341. The van der Waals surface area contributed by atoms with Gasteiger partial charge in [-0.05, 0) is 35.4 Å². The molecule has 2 amide bonds. The van der Waals surface area contributed by atoms with Gasteiger partial charge >= 0.3 is 0 Å². The lowest BCUT2D eigenvalue weighted by Crippen LogP contribution is -2.30. The first-order valence-electron chi connectivity index (χ1n) is 12.6. The van der Waals surface area contributed by atoms with Crippen LogP contribution in [0.5, 0.6) is 5.88 Å². The van der Waals surface area contributed by atoms with Crippen molar-refractivity contribution in [2.24, 2.45) is 0 Å². The molecule has 39 heavy (non-hydrogen) atoms. The molecule has 0 saturated heterocycles. The van der Waals surface area contributed by atoms with Gasteiger partial charge in [-0.1, -0.05) is 60.7 Å². The van der Waals surface area contributed by atoms with E-state index in [1.807, 2.05) is 83.9 Å². The van der Waals surface area contributed by atoms with Gasteiger partial charge in [0.1, 0.15) is 6.10 Å². The number of rotatable bonds is 9. The SMILES string of the molecule is O=C(Cc1ccccc1)Nc1ccc(O[C@H]2C=CN(c3ccc(NC(=O)Cc4ccccc4)nn3)CC2)nn1. The average Bonchev–Trinajstić information content (AvgIpc) is 2.96. The Bertz CT molecular complexity index is 1410. The number of carbonyl (C=O) groups is 2. The Labute approximate surface area is 225 Å². The number of nitrogens with zero attached hydrogens (tertiary/aromatic N) is 5. The zero-order chi connectivity index (χ0) is 26.9. The van der Waals surface area contributed by atoms with Crippen LogP contribution in [0.25, 0.3) is 0 Å². The van der Waals surface area contributed by atoms with Gasteiger partial charge in [0, 0.05) is 25.2 Å². The Kier molecular flexibility index (Phi) is 8.13. The number of aromatic nitrogens is 4. The number of benzene rings is 2. The predicted molar refractivity (Wildman–Crippen MR) is 147 cm³/mol. The van der Waals surface area contributed by atoms with E-state index in [0.29, 0.717) is 36.3 Å². The van der Waals surface area contributed by atoms with E-state index in [2.05, 4.69) is 31.0 Å². The van der Waals surface area contributed by atoms with Crippen molar-refractivity contribution in [1.29, 1.82) is 0 Å². The third-order valence-electron chi connectivity index (χ3n) is 5.94. The number of ether oxygens (including phenoxy) is 1. The van der Waals surface area contributed by atoms with Crippen LogP contribution in [0.2, 0.25) is 0 Å². The Hall–Kier alpha value is -5.12. The molecule has 0 spiro atoms. The third-order valence-corrected chi connectivity index (χ3v) is 5.94. The molecule has 0 bridgehead atoms. The summed E-state index contributed by atoms with van der Waals surface area (Å²) in [6, 6.07) is 25.9. The highest BCUT2D eigenvalue weighted by Gasteiger charge is 2.18. The van der Waals surface area contributed by atoms with E-state index < -0.39 is 0 Å². The molecule has 1 aliphatic heterocycles.